The summed E-state index contributed by atoms with van der Waals surface area (Å²) in [4.78, 5) is 25.1. The Morgan fingerprint density at radius 2 is 2.06 bits per heavy atom. The number of aldehydes is 1. The lowest BCUT2D eigenvalue weighted by molar-refractivity contribution is -0.130. The molecule has 1 amide bonds. The van der Waals surface area contributed by atoms with Crippen LogP contribution in [0, 0.1) is 0 Å². The molecule has 0 aromatic heterocycles. The maximum Gasteiger partial charge on any atom is 0.237 e. The SMILES string of the molecule is CC(C(=O)NC(C)(C)C)N1CCCCC1C=O. The monoisotopic (exact) mass is 240 g/mol. The zero-order valence-electron chi connectivity index (χ0n) is 11.3. The molecule has 17 heavy (non-hydrogen) atoms. The molecule has 0 saturated carbocycles. The van der Waals surface area contributed by atoms with Gasteiger partial charge in [0.2, 0.25) is 5.91 Å². The summed E-state index contributed by atoms with van der Waals surface area (Å²) in [5.41, 5.74) is -0.224. The van der Waals surface area contributed by atoms with Crippen LogP contribution in [0.5, 0.6) is 0 Å². The van der Waals surface area contributed by atoms with Crippen LogP contribution in [-0.2, 0) is 9.59 Å². The highest BCUT2D eigenvalue weighted by Crippen LogP contribution is 2.18. The summed E-state index contributed by atoms with van der Waals surface area (Å²) in [5.74, 6) is 0.00579. The number of nitrogens with one attached hydrogen (secondary N) is 1. The van der Waals surface area contributed by atoms with Crippen molar-refractivity contribution in [2.75, 3.05) is 6.54 Å². The van der Waals surface area contributed by atoms with E-state index >= 15 is 0 Å². The Kier molecular flexibility index (Phi) is 4.69. The van der Waals surface area contributed by atoms with Crippen LogP contribution in [0.3, 0.4) is 0 Å². The van der Waals surface area contributed by atoms with E-state index in [1.54, 1.807) is 0 Å². The highest BCUT2D eigenvalue weighted by molar-refractivity contribution is 5.82. The number of carbonyl (C=O) groups excluding carboxylic acids is 2. The third-order valence-corrected chi connectivity index (χ3v) is 3.12. The van der Waals surface area contributed by atoms with Gasteiger partial charge in [-0.05, 0) is 47.1 Å². The fourth-order valence-electron chi connectivity index (χ4n) is 2.23. The third kappa shape index (κ3) is 4.11. The molecule has 4 nitrogen and oxygen atoms in total. The van der Waals surface area contributed by atoms with Crippen molar-refractivity contribution in [2.45, 2.75) is 64.6 Å². The fourth-order valence-corrected chi connectivity index (χ4v) is 2.23. The van der Waals surface area contributed by atoms with Gasteiger partial charge in [-0.3, -0.25) is 9.69 Å². The van der Waals surface area contributed by atoms with Crippen molar-refractivity contribution in [3.63, 3.8) is 0 Å². The second-order valence-corrected chi connectivity index (χ2v) is 5.85. The van der Waals surface area contributed by atoms with E-state index in [-0.39, 0.29) is 23.5 Å². The number of piperidine rings is 1. The number of amides is 1. The third-order valence-electron chi connectivity index (χ3n) is 3.12. The van der Waals surface area contributed by atoms with Gasteiger partial charge in [-0.1, -0.05) is 6.42 Å². The second-order valence-electron chi connectivity index (χ2n) is 5.85. The van der Waals surface area contributed by atoms with Crippen LogP contribution in [0.2, 0.25) is 0 Å². The Bertz CT molecular complexity index is 284. The molecule has 1 aliphatic rings. The van der Waals surface area contributed by atoms with Crippen LogP contribution in [0.15, 0.2) is 0 Å². The van der Waals surface area contributed by atoms with E-state index in [0.717, 1.165) is 32.1 Å². The van der Waals surface area contributed by atoms with Crippen molar-refractivity contribution < 1.29 is 9.59 Å². The molecule has 0 radical (unpaired) electrons. The molecule has 0 aromatic rings. The molecule has 98 valence electrons. The number of likely N-dealkylation sites (tertiary alicyclic amines) is 1. The van der Waals surface area contributed by atoms with Gasteiger partial charge in [0.1, 0.15) is 6.29 Å². The lowest BCUT2D eigenvalue weighted by Gasteiger charge is -2.37. The predicted octanol–water partition coefficient (Wildman–Crippen LogP) is 1.34. The van der Waals surface area contributed by atoms with Crippen molar-refractivity contribution in [3.05, 3.63) is 0 Å². The first-order valence-electron chi connectivity index (χ1n) is 6.38. The van der Waals surface area contributed by atoms with E-state index in [2.05, 4.69) is 5.32 Å². The first kappa shape index (κ1) is 14.2. The molecule has 0 spiro atoms. The molecule has 0 aliphatic carbocycles. The molecule has 0 bridgehead atoms. The Morgan fingerprint density at radius 1 is 1.41 bits per heavy atom. The molecule has 1 rings (SSSR count). The number of hydrogen-bond acceptors (Lipinski definition) is 3. The summed E-state index contributed by atoms with van der Waals surface area (Å²) < 4.78 is 0. The molecule has 1 saturated heterocycles. The number of nitrogens with zero attached hydrogens (tertiary/aromatic N) is 1. The predicted molar refractivity (Wildman–Crippen MR) is 67.8 cm³/mol. The molecule has 1 N–H and O–H groups in total. The van der Waals surface area contributed by atoms with Gasteiger partial charge >= 0.3 is 0 Å². The number of rotatable bonds is 3. The van der Waals surface area contributed by atoms with Crippen LogP contribution in [-0.4, -0.2) is 41.3 Å². The summed E-state index contributed by atoms with van der Waals surface area (Å²) in [5, 5.41) is 2.96. The Morgan fingerprint density at radius 3 is 2.59 bits per heavy atom. The van der Waals surface area contributed by atoms with Crippen LogP contribution in [0.1, 0.15) is 47.0 Å². The summed E-state index contributed by atoms with van der Waals surface area (Å²) in [7, 11) is 0. The smallest absolute Gasteiger partial charge is 0.237 e. The van der Waals surface area contributed by atoms with Crippen LogP contribution in [0.25, 0.3) is 0 Å². The number of hydrogen-bond donors (Lipinski definition) is 1. The molecule has 2 unspecified atom stereocenters. The minimum absolute atomic E-state index is 0.00579. The van der Waals surface area contributed by atoms with Gasteiger partial charge < -0.3 is 10.1 Å². The zero-order chi connectivity index (χ0) is 13.1. The molecular weight excluding hydrogens is 216 g/mol. The van der Waals surface area contributed by atoms with Gasteiger partial charge in [-0.2, -0.15) is 0 Å². The summed E-state index contributed by atoms with van der Waals surface area (Å²) in [6.45, 7) is 8.60. The number of carbonyl (C=O) groups is 2. The van der Waals surface area contributed by atoms with Crippen molar-refractivity contribution in [2.24, 2.45) is 0 Å². The lowest BCUT2D eigenvalue weighted by atomic mass is 10.0. The average molecular weight is 240 g/mol. The highest BCUT2D eigenvalue weighted by Gasteiger charge is 2.31. The fraction of sp³-hybridized carbons (Fsp3) is 0.846. The van der Waals surface area contributed by atoms with Crippen LogP contribution in [0.4, 0.5) is 0 Å². The van der Waals surface area contributed by atoms with Crippen molar-refractivity contribution in [1.29, 1.82) is 0 Å². The Balaban J connectivity index is 2.63. The Hall–Kier alpha value is -0.900. The molecule has 1 aliphatic heterocycles. The van der Waals surface area contributed by atoms with Gasteiger partial charge in [0.05, 0.1) is 12.1 Å². The molecule has 4 heteroatoms. The highest BCUT2D eigenvalue weighted by atomic mass is 16.2. The van der Waals surface area contributed by atoms with Crippen molar-refractivity contribution in [3.8, 4) is 0 Å². The van der Waals surface area contributed by atoms with Crippen molar-refractivity contribution >= 4 is 12.2 Å². The van der Waals surface area contributed by atoms with E-state index in [0.29, 0.717) is 0 Å². The molecule has 2 atom stereocenters. The maximum atomic E-state index is 12.1. The van der Waals surface area contributed by atoms with Gasteiger partial charge in [0.25, 0.3) is 0 Å². The molecular formula is C13H24N2O2. The minimum Gasteiger partial charge on any atom is -0.350 e. The Labute approximate surface area is 104 Å². The van der Waals surface area contributed by atoms with Gasteiger partial charge in [-0.25, -0.2) is 0 Å². The second kappa shape index (κ2) is 5.63. The first-order valence-corrected chi connectivity index (χ1v) is 6.38. The van der Waals surface area contributed by atoms with Crippen molar-refractivity contribution in [1.82, 2.24) is 10.2 Å². The standard InChI is InChI=1S/C13H24N2O2/c1-10(12(17)14-13(2,3)4)15-8-6-5-7-11(15)9-16/h9-11H,5-8H2,1-4H3,(H,14,17). The molecule has 0 aromatic carbocycles. The van der Waals surface area contributed by atoms with E-state index in [1.165, 1.54) is 0 Å². The summed E-state index contributed by atoms with van der Waals surface area (Å²) >= 11 is 0. The summed E-state index contributed by atoms with van der Waals surface area (Å²) in [6.07, 6.45) is 3.99. The van der Waals surface area contributed by atoms with E-state index in [1.807, 2.05) is 32.6 Å². The van der Waals surface area contributed by atoms with Crippen LogP contribution >= 0.6 is 0 Å². The zero-order valence-corrected chi connectivity index (χ0v) is 11.3. The normalized spacial score (nSPS) is 24.1. The lowest BCUT2D eigenvalue weighted by Crippen LogP contribution is -2.55. The quantitative estimate of drug-likeness (QED) is 0.757. The minimum atomic E-state index is -0.232. The van der Waals surface area contributed by atoms with Gasteiger partial charge in [0.15, 0.2) is 0 Å². The van der Waals surface area contributed by atoms with Gasteiger partial charge in [-0.15, -0.1) is 0 Å². The van der Waals surface area contributed by atoms with Crippen LogP contribution < -0.4 is 5.32 Å². The first-order chi connectivity index (χ1) is 7.85. The van der Waals surface area contributed by atoms with E-state index in [4.69, 9.17) is 0 Å². The average Bonchev–Trinajstić information content (AvgIpc) is 2.25. The maximum absolute atomic E-state index is 12.1. The topological polar surface area (TPSA) is 49.4 Å². The van der Waals surface area contributed by atoms with E-state index in [9.17, 15) is 9.59 Å². The summed E-state index contributed by atoms with van der Waals surface area (Å²) in [6, 6.07) is -0.325. The van der Waals surface area contributed by atoms with E-state index < -0.39 is 0 Å². The largest absolute Gasteiger partial charge is 0.350 e. The van der Waals surface area contributed by atoms with Gasteiger partial charge in [0, 0.05) is 5.54 Å². The molecule has 1 heterocycles. The molecule has 1 fully saturated rings.